The highest BCUT2D eigenvalue weighted by atomic mass is 16.5. The summed E-state index contributed by atoms with van der Waals surface area (Å²) in [6.45, 7) is 5.54. The molecule has 4 heteroatoms. The van der Waals surface area contributed by atoms with E-state index in [1.165, 1.54) is 6.92 Å². The molecule has 0 saturated carbocycles. The van der Waals surface area contributed by atoms with Crippen molar-refractivity contribution in [3.05, 3.63) is 36.0 Å². The maximum Gasteiger partial charge on any atom is 0.308 e. The first-order chi connectivity index (χ1) is 9.34. The number of ketones is 1. The van der Waals surface area contributed by atoms with Crippen LogP contribution in [0.4, 0.5) is 5.69 Å². The SMILES string of the molecule is CC(=O)Oc1ccc(NC2=CC(=O)CC(C)(C)C2)cc1. The number of ether oxygens (including phenoxy) is 1. The Bertz CT molecular complexity index is 556. The molecule has 0 amide bonds. The predicted octanol–water partition coefficient (Wildman–Crippen LogP) is 3.30. The van der Waals surface area contributed by atoms with Crippen molar-refractivity contribution >= 4 is 17.4 Å². The van der Waals surface area contributed by atoms with E-state index in [1.54, 1.807) is 18.2 Å². The van der Waals surface area contributed by atoms with Gasteiger partial charge in [0.1, 0.15) is 5.75 Å². The molecule has 0 unspecified atom stereocenters. The lowest BCUT2D eigenvalue weighted by Crippen LogP contribution is -2.24. The third kappa shape index (κ3) is 3.95. The minimum atomic E-state index is -0.340. The van der Waals surface area contributed by atoms with Crippen molar-refractivity contribution in [3.8, 4) is 5.75 Å². The van der Waals surface area contributed by atoms with Gasteiger partial charge in [-0.1, -0.05) is 13.8 Å². The number of esters is 1. The zero-order valence-electron chi connectivity index (χ0n) is 12.0. The van der Waals surface area contributed by atoms with Crippen LogP contribution < -0.4 is 10.1 Å². The molecule has 0 saturated heterocycles. The molecule has 0 aliphatic heterocycles. The predicted molar refractivity (Wildman–Crippen MR) is 77.5 cm³/mol. The Kier molecular flexibility index (Phi) is 3.93. The molecule has 0 aromatic heterocycles. The van der Waals surface area contributed by atoms with Crippen molar-refractivity contribution < 1.29 is 14.3 Å². The highest BCUT2D eigenvalue weighted by Crippen LogP contribution is 2.34. The highest BCUT2D eigenvalue weighted by molar-refractivity contribution is 5.92. The van der Waals surface area contributed by atoms with Crippen LogP contribution in [0.3, 0.4) is 0 Å². The molecule has 1 aromatic carbocycles. The average Bonchev–Trinajstić information content (AvgIpc) is 2.28. The molecule has 0 bridgehead atoms. The number of carbonyl (C=O) groups excluding carboxylic acids is 2. The minimum absolute atomic E-state index is 0.00809. The smallest absolute Gasteiger partial charge is 0.308 e. The number of carbonyl (C=O) groups is 2. The molecule has 106 valence electrons. The second-order valence-corrected chi connectivity index (χ2v) is 5.90. The molecule has 20 heavy (non-hydrogen) atoms. The lowest BCUT2D eigenvalue weighted by molar-refractivity contribution is -0.131. The topological polar surface area (TPSA) is 55.4 Å². The Morgan fingerprint density at radius 2 is 1.85 bits per heavy atom. The molecule has 0 heterocycles. The molecule has 0 fully saturated rings. The molecule has 1 aliphatic carbocycles. The molecular weight excluding hydrogens is 254 g/mol. The summed E-state index contributed by atoms with van der Waals surface area (Å²) in [5.74, 6) is 0.324. The van der Waals surface area contributed by atoms with Gasteiger partial charge in [-0.05, 0) is 36.1 Å². The maximum absolute atomic E-state index is 11.7. The summed E-state index contributed by atoms with van der Waals surface area (Å²) in [6, 6.07) is 7.09. The van der Waals surface area contributed by atoms with Crippen LogP contribution in [0.25, 0.3) is 0 Å². The largest absolute Gasteiger partial charge is 0.427 e. The van der Waals surface area contributed by atoms with E-state index in [-0.39, 0.29) is 17.2 Å². The molecule has 2 rings (SSSR count). The minimum Gasteiger partial charge on any atom is -0.427 e. The van der Waals surface area contributed by atoms with Crippen LogP contribution in [0.5, 0.6) is 5.75 Å². The van der Waals surface area contributed by atoms with Crippen LogP contribution in [0, 0.1) is 5.41 Å². The monoisotopic (exact) mass is 273 g/mol. The van der Waals surface area contributed by atoms with E-state index in [2.05, 4.69) is 19.2 Å². The summed E-state index contributed by atoms with van der Waals surface area (Å²) in [5.41, 5.74) is 1.79. The van der Waals surface area contributed by atoms with Crippen molar-refractivity contribution in [2.24, 2.45) is 5.41 Å². The maximum atomic E-state index is 11.7. The van der Waals surface area contributed by atoms with Gasteiger partial charge in [-0.3, -0.25) is 9.59 Å². The Morgan fingerprint density at radius 1 is 1.20 bits per heavy atom. The van der Waals surface area contributed by atoms with Crippen molar-refractivity contribution in [2.45, 2.75) is 33.6 Å². The Balaban J connectivity index is 2.06. The lowest BCUT2D eigenvalue weighted by atomic mass is 9.79. The fraction of sp³-hybridized carbons (Fsp3) is 0.375. The number of nitrogens with one attached hydrogen (secondary N) is 1. The Morgan fingerprint density at radius 3 is 2.40 bits per heavy atom. The van der Waals surface area contributed by atoms with Gasteiger partial charge in [-0.2, -0.15) is 0 Å². The summed E-state index contributed by atoms with van der Waals surface area (Å²) >= 11 is 0. The van der Waals surface area contributed by atoms with Gasteiger partial charge in [0.15, 0.2) is 5.78 Å². The zero-order valence-corrected chi connectivity index (χ0v) is 12.0. The van der Waals surface area contributed by atoms with Crippen molar-refractivity contribution in [1.82, 2.24) is 0 Å². The number of anilines is 1. The van der Waals surface area contributed by atoms with Gasteiger partial charge in [0, 0.05) is 30.8 Å². The Hall–Kier alpha value is -2.10. The first-order valence-corrected chi connectivity index (χ1v) is 6.63. The zero-order chi connectivity index (χ0) is 14.8. The number of allylic oxidation sites excluding steroid dienone is 2. The lowest BCUT2D eigenvalue weighted by Gasteiger charge is -2.29. The van der Waals surface area contributed by atoms with Gasteiger partial charge in [0.25, 0.3) is 0 Å². The van der Waals surface area contributed by atoms with Gasteiger partial charge in [0.05, 0.1) is 0 Å². The van der Waals surface area contributed by atoms with Gasteiger partial charge in [-0.25, -0.2) is 0 Å². The highest BCUT2D eigenvalue weighted by Gasteiger charge is 2.27. The number of benzene rings is 1. The number of hydrogen-bond donors (Lipinski definition) is 1. The Labute approximate surface area is 118 Å². The van der Waals surface area contributed by atoms with Crippen molar-refractivity contribution in [2.75, 3.05) is 5.32 Å². The number of rotatable bonds is 3. The summed E-state index contributed by atoms with van der Waals surface area (Å²) in [6.07, 6.45) is 3.10. The quantitative estimate of drug-likeness (QED) is 0.678. The van der Waals surface area contributed by atoms with Crippen LogP contribution >= 0.6 is 0 Å². The summed E-state index contributed by atoms with van der Waals surface area (Å²) < 4.78 is 4.97. The van der Waals surface area contributed by atoms with E-state index in [1.807, 2.05) is 12.1 Å². The molecule has 1 aromatic rings. The molecule has 4 nitrogen and oxygen atoms in total. The number of hydrogen-bond acceptors (Lipinski definition) is 4. The van der Waals surface area contributed by atoms with E-state index in [0.29, 0.717) is 12.2 Å². The van der Waals surface area contributed by atoms with E-state index in [0.717, 1.165) is 17.8 Å². The second-order valence-electron chi connectivity index (χ2n) is 5.90. The fourth-order valence-corrected chi connectivity index (χ4v) is 2.38. The molecule has 0 spiro atoms. The van der Waals surface area contributed by atoms with E-state index < -0.39 is 0 Å². The van der Waals surface area contributed by atoms with E-state index in [4.69, 9.17) is 4.74 Å². The first-order valence-electron chi connectivity index (χ1n) is 6.63. The van der Waals surface area contributed by atoms with Gasteiger partial charge < -0.3 is 10.1 Å². The fourth-order valence-electron chi connectivity index (χ4n) is 2.38. The van der Waals surface area contributed by atoms with E-state index >= 15 is 0 Å². The third-order valence-electron chi connectivity index (χ3n) is 3.08. The molecule has 1 N–H and O–H groups in total. The summed E-state index contributed by atoms with van der Waals surface area (Å²) in [4.78, 5) is 22.5. The van der Waals surface area contributed by atoms with Gasteiger partial charge in [0.2, 0.25) is 0 Å². The van der Waals surface area contributed by atoms with Crippen molar-refractivity contribution in [3.63, 3.8) is 0 Å². The molecule has 0 atom stereocenters. The third-order valence-corrected chi connectivity index (χ3v) is 3.08. The van der Waals surface area contributed by atoms with Crippen LogP contribution in [0.15, 0.2) is 36.0 Å². The van der Waals surface area contributed by atoms with Crippen LogP contribution in [0.2, 0.25) is 0 Å². The van der Waals surface area contributed by atoms with E-state index in [9.17, 15) is 9.59 Å². The van der Waals surface area contributed by atoms with Crippen LogP contribution in [-0.4, -0.2) is 11.8 Å². The average molecular weight is 273 g/mol. The normalized spacial score (nSPS) is 17.4. The van der Waals surface area contributed by atoms with Crippen LogP contribution in [0.1, 0.15) is 33.6 Å². The molecule has 0 radical (unpaired) electrons. The molecule has 1 aliphatic rings. The van der Waals surface area contributed by atoms with Gasteiger partial charge in [-0.15, -0.1) is 0 Å². The second kappa shape index (κ2) is 5.49. The standard InChI is InChI=1S/C16H19NO3/c1-11(18)20-15-6-4-12(5-7-15)17-13-8-14(19)10-16(2,3)9-13/h4-8,17H,9-10H2,1-3H3. The summed E-state index contributed by atoms with van der Waals surface area (Å²) in [7, 11) is 0. The van der Waals surface area contributed by atoms with Crippen LogP contribution in [-0.2, 0) is 9.59 Å². The van der Waals surface area contributed by atoms with Crippen molar-refractivity contribution in [1.29, 1.82) is 0 Å². The molecular formula is C16H19NO3. The van der Waals surface area contributed by atoms with Gasteiger partial charge >= 0.3 is 5.97 Å². The summed E-state index contributed by atoms with van der Waals surface area (Å²) in [5, 5.41) is 3.25. The first kappa shape index (κ1) is 14.3.